The summed E-state index contributed by atoms with van der Waals surface area (Å²) >= 11 is 0. The van der Waals surface area contributed by atoms with Gasteiger partial charge in [0.05, 0.1) is 0 Å². The standard InChI is InChI=1S/BH2O2.K.H2O.H2S.H/c2-1-3;;;;/h2-3H;;2*1H2;/q;+1;;;-1. The Bertz CT molecular complexity index is 14.9. The van der Waals surface area contributed by atoms with Crippen LogP contribution in [0.25, 0.3) is 0 Å². The van der Waals surface area contributed by atoms with Gasteiger partial charge in [0.15, 0.2) is 0 Å². The maximum Gasteiger partial charge on any atom is 1.00 e. The van der Waals surface area contributed by atoms with Gasteiger partial charge in [-0.15, -0.1) is 0 Å². The van der Waals surface area contributed by atoms with Gasteiger partial charge < -0.3 is 17.0 Å². The third-order valence-electron chi connectivity index (χ3n) is 0. The van der Waals surface area contributed by atoms with Crippen molar-refractivity contribution in [2.45, 2.75) is 0 Å². The van der Waals surface area contributed by atoms with Crippen LogP contribution in [0.15, 0.2) is 0 Å². The van der Waals surface area contributed by atoms with Crippen LogP contribution >= 0.6 is 13.5 Å². The molecule has 0 unspecified atom stereocenters. The number of hydrogen-bond acceptors (Lipinski definition) is 2. The Hall–Kier alpha value is 1.93. The zero-order valence-electron chi connectivity index (χ0n) is 4.47. The molecule has 0 aromatic rings. The van der Waals surface area contributed by atoms with E-state index in [0.717, 1.165) is 0 Å². The van der Waals surface area contributed by atoms with Crippen LogP contribution in [-0.4, -0.2) is 23.2 Å². The normalized spacial score (nSPS) is 2.33. The topological polar surface area (TPSA) is 72.0 Å². The van der Waals surface area contributed by atoms with Crippen molar-refractivity contribution in [3.63, 3.8) is 0 Å². The molecule has 0 bridgehead atoms. The summed E-state index contributed by atoms with van der Waals surface area (Å²) < 4.78 is 0. The first-order valence-electron chi connectivity index (χ1n) is 0.516. The molecule has 1 radical (unpaired) electrons. The fourth-order valence-corrected chi connectivity index (χ4v) is 0. The summed E-state index contributed by atoms with van der Waals surface area (Å²) in [7, 11) is 0. The van der Waals surface area contributed by atoms with E-state index in [0.29, 0.717) is 0 Å². The van der Waals surface area contributed by atoms with Crippen molar-refractivity contribution in [2.24, 2.45) is 0 Å². The van der Waals surface area contributed by atoms with Gasteiger partial charge in [-0.25, -0.2) is 0 Å². The molecule has 0 aromatic carbocycles. The third kappa shape index (κ3) is 38.7. The van der Waals surface area contributed by atoms with E-state index >= 15 is 0 Å². The molecule has 0 aliphatic heterocycles. The molecule has 0 saturated carbocycles. The molecule has 0 heterocycles. The summed E-state index contributed by atoms with van der Waals surface area (Å²) in [5, 5.41) is 14.0. The zero-order valence-corrected chi connectivity index (χ0v) is 7.59. The average molecular weight is 137 g/mol. The molecule has 6 heteroatoms. The van der Waals surface area contributed by atoms with Crippen LogP contribution in [0.4, 0.5) is 0 Å². The molecule has 0 aromatic heterocycles. The first kappa shape index (κ1) is 24.7. The van der Waals surface area contributed by atoms with Crippen molar-refractivity contribution in [3.05, 3.63) is 0 Å². The molecule has 0 saturated heterocycles. The second-order valence-electron chi connectivity index (χ2n) is 0.115. The minimum atomic E-state index is 0. The van der Waals surface area contributed by atoms with Crippen LogP contribution in [0.1, 0.15) is 1.43 Å². The zero-order chi connectivity index (χ0) is 2.71. The van der Waals surface area contributed by atoms with Gasteiger partial charge in [-0.3, -0.25) is 0 Å². The Balaban J connectivity index is -0.00000000333. The van der Waals surface area contributed by atoms with Gasteiger partial charge in [0.25, 0.3) is 0 Å². The molecule has 0 aliphatic carbocycles. The maximum atomic E-state index is 7.00. The molecule has 0 aliphatic rings. The molecule has 4 N–H and O–H groups in total. The minimum Gasteiger partial charge on any atom is -1.00 e. The predicted octanol–water partition coefficient (Wildman–Crippen LogP) is -5.09. The number of rotatable bonds is 0. The Kier molecular flexibility index (Phi) is 117. The second-order valence-corrected chi connectivity index (χ2v) is 0.115. The smallest absolute Gasteiger partial charge is 1.00 e. The molecule has 35 valence electrons. The molecule has 0 atom stereocenters. The van der Waals surface area contributed by atoms with Crippen molar-refractivity contribution >= 4 is 21.2 Å². The van der Waals surface area contributed by atoms with Crippen LogP contribution in [0.3, 0.4) is 0 Å². The van der Waals surface area contributed by atoms with E-state index in [4.69, 9.17) is 10.0 Å². The van der Waals surface area contributed by atoms with Crippen LogP contribution in [0.2, 0.25) is 0 Å². The minimum absolute atomic E-state index is 0. The quantitative estimate of drug-likeness (QED) is 0.328. The van der Waals surface area contributed by atoms with Crippen LogP contribution < -0.4 is 51.4 Å². The van der Waals surface area contributed by atoms with E-state index in [2.05, 4.69) is 0 Å². The van der Waals surface area contributed by atoms with Gasteiger partial charge >= 0.3 is 59.1 Å². The molecular weight excluding hydrogens is 130 g/mol. The fourth-order valence-electron chi connectivity index (χ4n) is 0. The van der Waals surface area contributed by atoms with Crippen molar-refractivity contribution in [1.29, 1.82) is 0 Å². The second kappa shape index (κ2) is 28.4. The van der Waals surface area contributed by atoms with Crippen molar-refractivity contribution in [1.82, 2.24) is 0 Å². The molecule has 0 spiro atoms. The van der Waals surface area contributed by atoms with Gasteiger partial charge in [-0.1, -0.05) is 0 Å². The summed E-state index contributed by atoms with van der Waals surface area (Å²) in [5.41, 5.74) is 0. The number of hydrogen-bond donors (Lipinski definition) is 2. The monoisotopic (exact) mass is 137 g/mol. The molecule has 3 nitrogen and oxygen atoms in total. The predicted molar refractivity (Wildman–Crippen MR) is 25.3 cm³/mol. The molecular formula is H7BKO3S. The van der Waals surface area contributed by atoms with Gasteiger partial charge in [-0.2, -0.15) is 13.5 Å². The molecule has 0 fully saturated rings. The Morgan fingerprint density at radius 1 is 1.33 bits per heavy atom. The Labute approximate surface area is 88.1 Å². The molecule has 0 amide bonds. The van der Waals surface area contributed by atoms with Crippen molar-refractivity contribution in [3.8, 4) is 0 Å². The SMILES string of the molecule is O.O[B]O.S.[H-].[K+]. The van der Waals surface area contributed by atoms with Crippen LogP contribution in [0, 0.1) is 0 Å². The summed E-state index contributed by atoms with van der Waals surface area (Å²) in [6.45, 7) is 0. The van der Waals surface area contributed by atoms with Gasteiger partial charge in [-0.05, 0) is 0 Å². The fraction of sp³-hybridized carbons (Fsp3) is 0. The van der Waals surface area contributed by atoms with Crippen molar-refractivity contribution < 1.29 is 68.3 Å². The van der Waals surface area contributed by atoms with E-state index in [-0.39, 0.29) is 79.5 Å². The summed E-state index contributed by atoms with van der Waals surface area (Å²) in [5.74, 6) is 0. The first-order valence-corrected chi connectivity index (χ1v) is 0.516. The summed E-state index contributed by atoms with van der Waals surface area (Å²) in [4.78, 5) is 0. The summed E-state index contributed by atoms with van der Waals surface area (Å²) in [6, 6.07) is 0. The van der Waals surface area contributed by atoms with Crippen LogP contribution in [0.5, 0.6) is 0 Å². The Morgan fingerprint density at radius 3 is 1.33 bits per heavy atom. The molecule has 6 heavy (non-hydrogen) atoms. The van der Waals surface area contributed by atoms with Crippen molar-refractivity contribution in [2.75, 3.05) is 0 Å². The van der Waals surface area contributed by atoms with E-state index in [1.807, 2.05) is 0 Å². The van der Waals surface area contributed by atoms with Crippen LogP contribution in [-0.2, 0) is 0 Å². The first-order chi connectivity index (χ1) is 1.41. The van der Waals surface area contributed by atoms with E-state index in [9.17, 15) is 0 Å². The van der Waals surface area contributed by atoms with E-state index in [1.165, 1.54) is 0 Å². The average Bonchev–Trinajstić information content (AvgIpc) is 0.918. The van der Waals surface area contributed by atoms with E-state index in [1.54, 1.807) is 0 Å². The van der Waals surface area contributed by atoms with Gasteiger partial charge in [0, 0.05) is 0 Å². The van der Waals surface area contributed by atoms with Gasteiger partial charge in [0.1, 0.15) is 0 Å². The largest absolute Gasteiger partial charge is 1.00 e. The summed E-state index contributed by atoms with van der Waals surface area (Å²) in [6.07, 6.45) is 0. The molecule has 0 rings (SSSR count). The van der Waals surface area contributed by atoms with E-state index < -0.39 is 0 Å². The Morgan fingerprint density at radius 2 is 1.33 bits per heavy atom. The van der Waals surface area contributed by atoms with Gasteiger partial charge in [0.2, 0.25) is 0 Å². The third-order valence-corrected chi connectivity index (χ3v) is 0. The maximum absolute atomic E-state index is 7.00.